The van der Waals surface area contributed by atoms with E-state index in [0.717, 1.165) is 19.3 Å². The van der Waals surface area contributed by atoms with Gasteiger partial charge in [0.15, 0.2) is 0 Å². The average Bonchev–Trinajstić information content (AvgIpc) is 2.87. The number of benzene rings is 1. The highest BCUT2D eigenvalue weighted by Crippen LogP contribution is 2.39. The zero-order chi connectivity index (χ0) is 15.0. The summed E-state index contributed by atoms with van der Waals surface area (Å²) in [4.78, 5) is 0.303. The molecule has 0 bridgehead atoms. The molecule has 0 spiro atoms. The van der Waals surface area contributed by atoms with Gasteiger partial charge in [-0.25, -0.2) is 8.42 Å². The lowest BCUT2D eigenvalue weighted by molar-refractivity contribution is 0.279. The molecule has 0 amide bonds. The van der Waals surface area contributed by atoms with E-state index in [1.807, 2.05) is 0 Å². The van der Waals surface area contributed by atoms with Gasteiger partial charge in [0.25, 0.3) is 0 Å². The molecule has 3 nitrogen and oxygen atoms in total. The standard InChI is InChI=1S/C14H19BrClNO2S/c1-3-14(4-2)7-8-17(10-14)20(18,19)11-5-6-13(16)12(15)9-11/h5-6,9H,3-4,7-8,10H2,1-2H3. The predicted molar refractivity (Wildman–Crippen MR) is 85.5 cm³/mol. The molecule has 1 saturated heterocycles. The molecule has 0 radical (unpaired) electrons. The van der Waals surface area contributed by atoms with Crippen molar-refractivity contribution < 1.29 is 8.42 Å². The fourth-order valence-electron chi connectivity index (χ4n) is 2.71. The Kier molecular flexibility index (Phi) is 4.84. The molecule has 20 heavy (non-hydrogen) atoms. The van der Waals surface area contributed by atoms with Crippen LogP contribution < -0.4 is 0 Å². The first-order valence-electron chi connectivity index (χ1n) is 6.80. The second-order valence-corrected chi connectivity index (χ2v) is 8.57. The first kappa shape index (κ1) is 16.3. The topological polar surface area (TPSA) is 37.4 Å². The highest BCUT2D eigenvalue weighted by molar-refractivity contribution is 9.10. The maximum Gasteiger partial charge on any atom is 0.243 e. The summed E-state index contributed by atoms with van der Waals surface area (Å²) < 4.78 is 27.6. The minimum Gasteiger partial charge on any atom is -0.207 e. The molecule has 1 heterocycles. The third kappa shape index (κ3) is 2.91. The maximum atomic E-state index is 12.7. The number of halogens is 2. The Balaban J connectivity index is 2.30. The smallest absolute Gasteiger partial charge is 0.207 e. The summed E-state index contributed by atoms with van der Waals surface area (Å²) >= 11 is 9.21. The summed E-state index contributed by atoms with van der Waals surface area (Å²) in [6.45, 7) is 5.49. The number of hydrogen-bond acceptors (Lipinski definition) is 2. The Morgan fingerprint density at radius 2 is 2.00 bits per heavy atom. The van der Waals surface area contributed by atoms with Gasteiger partial charge in [0.2, 0.25) is 10.0 Å². The van der Waals surface area contributed by atoms with Crippen LogP contribution in [0.4, 0.5) is 0 Å². The molecule has 0 saturated carbocycles. The molecular weight excluding hydrogens is 362 g/mol. The van der Waals surface area contributed by atoms with Gasteiger partial charge < -0.3 is 0 Å². The maximum absolute atomic E-state index is 12.7. The van der Waals surface area contributed by atoms with Crippen LogP contribution in [-0.4, -0.2) is 25.8 Å². The normalized spacial score (nSPS) is 19.4. The van der Waals surface area contributed by atoms with Crippen LogP contribution in [0.25, 0.3) is 0 Å². The van der Waals surface area contributed by atoms with Gasteiger partial charge >= 0.3 is 0 Å². The molecule has 1 aliphatic rings. The molecule has 112 valence electrons. The molecule has 1 aromatic rings. The Morgan fingerprint density at radius 1 is 1.35 bits per heavy atom. The van der Waals surface area contributed by atoms with Crippen molar-refractivity contribution >= 4 is 37.6 Å². The van der Waals surface area contributed by atoms with Gasteiger partial charge in [-0.15, -0.1) is 0 Å². The zero-order valence-electron chi connectivity index (χ0n) is 11.7. The van der Waals surface area contributed by atoms with Gasteiger partial charge in [0.1, 0.15) is 0 Å². The van der Waals surface area contributed by atoms with E-state index in [-0.39, 0.29) is 5.41 Å². The van der Waals surface area contributed by atoms with Crippen molar-refractivity contribution in [2.24, 2.45) is 5.41 Å². The first-order valence-corrected chi connectivity index (χ1v) is 9.41. The highest BCUT2D eigenvalue weighted by atomic mass is 79.9. The minimum absolute atomic E-state index is 0.136. The van der Waals surface area contributed by atoms with Crippen molar-refractivity contribution in [1.29, 1.82) is 0 Å². The lowest BCUT2D eigenvalue weighted by atomic mass is 9.82. The van der Waals surface area contributed by atoms with Crippen molar-refractivity contribution in [2.75, 3.05) is 13.1 Å². The average molecular weight is 381 g/mol. The summed E-state index contributed by atoms with van der Waals surface area (Å²) in [5.74, 6) is 0. The molecule has 0 aliphatic carbocycles. The molecule has 6 heteroatoms. The SMILES string of the molecule is CCC1(CC)CCN(S(=O)(=O)c2ccc(Cl)c(Br)c2)C1. The van der Waals surface area contributed by atoms with Gasteiger partial charge in [-0.3, -0.25) is 0 Å². The Bertz CT molecular complexity index is 599. The Labute approximate surface area is 134 Å². The summed E-state index contributed by atoms with van der Waals surface area (Å²) in [5, 5.41) is 0.516. The quantitative estimate of drug-likeness (QED) is 0.781. The molecule has 1 aliphatic heterocycles. The summed E-state index contributed by atoms with van der Waals surface area (Å²) in [7, 11) is -3.42. The zero-order valence-corrected chi connectivity index (χ0v) is 14.9. The third-order valence-electron chi connectivity index (χ3n) is 4.43. The second-order valence-electron chi connectivity index (χ2n) is 5.37. The molecule has 0 unspecified atom stereocenters. The number of nitrogens with zero attached hydrogens (tertiary/aromatic N) is 1. The van der Waals surface area contributed by atoms with Gasteiger partial charge in [-0.1, -0.05) is 25.4 Å². The van der Waals surface area contributed by atoms with E-state index in [9.17, 15) is 8.42 Å². The number of rotatable bonds is 4. The van der Waals surface area contributed by atoms with Crippen molar-refractivity contribution in [1.82, 2.24) is 4.31 Å². The Hall–Kier alpha value is -0.100. The van der Waals surface area contributed by atoms with Gasteiger partial charge in [0, 0.05) is 17.6 Å². The van der Waals surface area contributed by atoms with E-state index in [4.69, 9.17) is 11.6 Å². The van der Waals surface area contributed by atoms with E-state index in [0.29, 0.717) is 27.5 Å². The van der Waals surface area contributed by atoms with Crippen LogP contribution in [0.1, 0.15) is 33.1 Å². The monoisotopic (exact) mass is 379 g/mol. The lowest BCUT2D eigenvalue weighted by Crippen LogP contribution is -2.31. The van der Waals surface area contributed by atoms with Crippen LogP contribution in [-0.2, 0) is 10.0 Å². The number of sulfonamides is 1. The van der Waals surface area contributed by atoms with Gasteiger partial charge in [-0.05, 0) is 58.8 Å². The van der Waals surface area contributed by atoms with Crippen LogP contribution >= 0.6 is 27.5 Å². The number of hydrogen-bond donors (Lipinski definition) is 0. The van der Waals surface area contributed by atoms with Crippen molar-refractivity contribution in [3.63, 3.8) is 0 Å². The van der Waals surface area contributed by atoms with Crippen LogP contribution in [0.2, 0.25) is 5.02 Å². The minimum atomic E-state index is -3.42. The summed E-state index contributed by atoms with van der Waals surface area (Å²) in [5.41, 5.74) is 0.136. The second kappa shape index (κ2) is 5.95. The van der Waals surface area contributed by atoms with Crippen molar-refractivity contribution in [3.05, 3.63) is 27.7 Å². The third-order valence-corrected chi connectivity index (χ3v) is 7.49. The molecular formula is C14H19BrClNO2S. The molecule has 0 atom stereocenters. The van der Waals surface area contributed by atoms with E-state index in [2.05, 4.69) is 29.8 Å². The largest absolute Gasteiger partial charge is 0.243 e. The highest BCUT2D eigenvalue weighted by Gasteiger charge is 2.40. The van der Waals surface area contributed by atoms with E-state index in [1.54, 1.807) is 22.5 Å². The van der Waals surface area contributed by atoms with E-state index in [1.165, 1.54) is 0 Å². The van der Waals surface area contributed by atoms with Crippen molar-refractivity contribution in [2.45, 2.75) is 38.0 Å². The van der Waals surface area contributed by atoms with Crippen LogP contribution in [0.3, 0.4) is 0 Å². The van der Waals surface area contributed by atoms with Crippen LogP contribution in [0.5, 0.6) is 0 Å². The molecule has 2 rings (SSSR count). The molecule has 1 fully saturated rings. The Morgan fingerprint density at radius 3 is 2.50 bits per heavy atom. The fraction of sp³-hybridized carbons (Fsp3) is 0.571. The van der Waals surface area contributed by atoms with E-state index < -0.39 is 10.0 Å². The van der Waals surface area contributed by atoms with E-state index >= 15 is 0 Å². The molecule has 0 aromatic heterocycles. The fourth-order valence-corrected chi connectivity index (χ4v) is 4.94. The summed E-state index contributed by atoms with van der Waals surface area (Å²) in [6, 6.07) is 4.76. The predicted octanol–water partition coefficient (Wildman–Crippen LogP) is 4.30. The van der Waals surface area contributed by atoms with Crippen LogP contribution in [0.15, 0.2) is 27.6 Å². The summed E-state index contributed by atoms with van der Waals surface area (Å²) in [6.07, 6.45) is 2.97. The van der Waals surface area contributed by atoms with Crippen molar-refractivity contribution in [3.8, 4) is 0 Å². The lowest BCUT2D eigenvalue weighted by Gasteiger charge is -2.26. The molecule has 1 aromatic carbocycles. The molecule has 0 N–H and O–H groups in total. The van der Waals surface area contributed by atoms with Gasteiger partial charge in [0.05, 0.1) is 9.92 Å². The van der Waals surface area contributed by atoms with Gasteiger partial charge in [-0.2, -0.15) is 4.31 Å². The van der Waals surface area contributed by atoms with Crippen LogP contribution in [0, 0.1) is 5.41 Å². The first-order chi connectivity index (χ1) is 9.34.